The molecule has 2 unspecified atom stereocenters. The van der Waals surface area contributed by atoms with Crippen LogP contribution >= 0.6 is 15.9 Å². The van der Waals surface area contributed by atoms with Gasteiger partial charge in [0, 0.05) is 10.0 Å². The highest BCUT2D eigenvalue weighted by Crippen LogP contribution is 2.35. The van der Waals surface area contributed by atoms with E-state index >= 15 is 0 Å². The average molecular weight is 333 g/mol. The van der Waals surface area contributed by atoms with Gasteiger partial charge in [0.05, 0.1) is 5.92 Å². The Morgan fingerprint density at radius 3 is 2.68 bits per heavy atom. The predicted octanol–water partition coefficient (Wildman–Crippen LogP) is 3.69. The third kappa shape index (κ3) is 3.76. The van der Waals surface area contributed by atoms with E-state index in [2.05, 4.69) is 15.9 Å². The monoisotopic (exact) mass is 332 g/mol. The SMILES string of the molecule is CCCCC(C(=O)O)C(C)(O)c1cc(Br)ccc1F. The van der Waals surface area contributed by atoms with Crippen LogP contribution in [0.25, 0.3) is 0 Å². The van der Waals surface area contributed by atoms with Crippen LogP contribution < -0.4 is 0 Å². The summed E-state index contributed by atoms with van der Waals surface area (Å²) in [6.07, 6.45) is 1.80. The Hall–Kier alpha value is -0.940. The van der Waals surface area contributed by atoms with Crippen molar-refractivity contribution in [2.24, 2.45) is 5.92 Å². The average Bonchev–Trinajstić information content (AvgIpc) is 2.32. The van der Waals surface area contributed by atoms with E-state index < -0.39 is 23.3 Å². The zero-order chi connectivity index (χ0) is 14.6. The first-order chi connectivity index (χ1) is 8.80. The highest BCUT2D eigenvalue weighted by Gasteiger charge is 2.40. The summed E-state index contributed by atoms with van der Waals surface area (Å²) >= 11 is 3.20. The molecule has 1 aromatic carbocycles. The van der Waals surface area contributed by atoms with Crippen molar-refractivity contribution < 1.29 is 19.4 Å². The summed E-state index contributed by atoms with van der Waals surface area (Å²) < 4.78 is 14.4. The highest BCUT2D eigenvalue weighted by molar-refractivity contribution is 9.10. The quantitative estimate of drug-likeness (QED) is 0.835. The van der Waals surface area contributed by atoms with Gasteiger partial charge < -0.3 is 10.2 Å². The molecule has 2 atom stereocenters. The molecular weight excluding hydrogens is 315 g/mol. The third-order valence-electron chi connectivity index (χ3n) is 3.30. The second-order valence-corrected chi connectivity index (χ2v) is 5.72. The summed E-state index contributed by atoms with van der Waals surface area (Å²) in [6, 6.07) is 4.15. The summed E-state index contributed by atoms with van der Waals surface area (Å²) in [6.45, 7) is 3.29. The number of hydrogen-bond acceptors (Lipinski definition) is 2. The van der Waals surface area contributed by atoms with Gasteiger partial charge >= 0.3 is 5.97 Å². The maximum atomic E-state index is 13.8. The molecule has 0 radical (unpaired) electrons. The maximum Gasteiger partial charge on any atom is 0.309 e. The van der Waals surface area contributed by atoms with Gasteiger partial charge in [-0.2, -0.15) is 0 Å². The number of carboxylic acid groups (broad SMARTS) is 1. The number of carbonyl (C=O) groups is 1. The third-order valence-corrected chi connectivity index (χ3v) is 3.79. The fraction of sp³-hybridized carbons (Fsp3) is 0.500. The fourth-order valence-corrected chi connectivity index (χ4v) is 2.49. The summed E-state index contributed by atoms with van der Waals surface area (Å²) in [5.41, 5.74) is -1.74. The summed E-state index contributed by atoms with van der Waals surface area (Å²) in [5.74, 6) is -2.75. The molecule has 0 aromatic heterocycles. The number of aliphatic hydroxyl groups is 1. The standard InChI is InChI=1S/C14H18BrFO3/c1-3-4-5-10(13(17)18)14(2,19)11-8-9(15)6-7-12(11)16/h6-8,10,19H,3-5H2,1-2H3,(H,17,18). The first-order valence-electron chi connectivity index (χ1n) is 6.21. The minimum Gasteiger partial charge on any atom is -0.481 e. The van der Waals surface area contributed by atoms with Crippen LogP contribution in [0.2, 0.25) is 0 Å². The smallest absolute Gasteiger partial charge is 0.309 e. The molecule has 0 spiro atoms. The van der Waals surface area contributed by atoms with E-state index in [9.17, 15) is 19.4 Å². The van der Waals surface area contributed by atoms with Gasteiger partial charge in [-0.25, -0.2) is 4.39 Å². The Kier molecular flexibility index (Phi) is 5.50. The number of carboxylic acids is 1. The summed E-state index contributed by atoms with van der Waals surface area (Å²) in [4.78, 5) is 11.3. The largest absolute Gasteiger partial charge is 0.481 e. The number of benzene rings is 1. The first-order valence-corrected chi connectivity index (χ1v) is 7.00. The Bertz CT molecular complexity index is 460. The second kappa shape index (κ2) is 6.48. The molecule has 0 heterocycles. The number of halogens is 2. The molecule has 106 valence electrons. The van der Waals surface area contributed by atoms with Gasteiger partial charge in [0.25, 0.3) is 0 Å². The number of rotatable bonds is 6. The normalized spacial score (nSPS) is 15.8. The lowest BCUT2D eigenvalue weighted by atomic mass is 9.80. The van der Waals surface area contributed by atoms with E-state index in [1.807, 2.05) is 6.92 Å². The molecule has 0 aliphatic carbocycles. The van der Waals surface area contributed by atoms with Gasteiger partial charge in [0.2, 0.25) is 0 Å². The van der Waals surface area contributed by atoms with Gasteiger partial charge in [0.1, 0.15) is 11.4 Å². The lowest BCUT2D eigenvalue weighted by molar-refractivity contribution is -0.152. The molecule has 2 N–H and O–H groups in total. The number of aliphatic carboxylic acids is 1. The zero-order valence-electron chi connectivity index (χ0n) is 11.0. The van der Waals surface area contributed by atoms with E-state index in [1.54, 1.807) is 0 Å². The summed E-state index contributed by atoms with van der Waals surface area (Å²) in [7, 11) is 0. The molecule has 1 aromatic rings. The first kappa shape index (κ1) is 16.1. The van der Waals surface area contributed by atoms with Gasteiger partial charge in [-0.3, -0.25) is 4.79 Å². The fourth-order valence-electron chi connectivity index (χ4n) is 2.13. The summed E-state index contributed by atoms with van der Waals surface area (Å²) in [5, 5.41) is 19.8. The van der Waals surface area contributed by atoms with Crippen molar-refractivity contribution in [3.8, 4) is 0 Å². The molecular formula is C14H18BrFO3. The Balaban J connectivity index is 3.17. The van der Waals surface area contributed by atoms with Gasteiger partial charge in [-0.1, -0.05) is 35.7 Å². The molecule has 1 rings (SSSR count). The van der Waals surface area contributed by atoms with E-state index in [0.29, 0.717) is 17.3 Å². The van der Waals surface area contributed by atoms with Crippen LogP contribution in [0, 0.1) is 11.7 Å². The Labute approximate surface area is 120 Å². The minimum atomic E-state index is -1.74. The van der Waals surface area contributed by atoms with Crippen molar-refractivity contribution in [2.45, 2.75) is 38.7 Å². The van der Waals surface area contributed by atoms with Crippen molar-refractivity contribution in [3.05, 3.63) is 34.1 Å². The van der Waals surface area contributed by atoms with Gasteiger partial charge in [-0.15, -0.1) is 0 Å². The minimum absolute atomic E-state index is 0.00498. The maximum absolute atomic E-state index is 13.8. The van der Waals surface area contributed by atoms with E-state index in [1.165, 1.54) is 25.1 Å². The van der Waals surface area contributed by atoms with E-state index in [4.69, 9.17) is 0 Å². The Morgan fingerprint density at radius 2 is 2.16 bits per heavy atom. The van der Waals surface area contributed by atoms with E-state index in [0.717, 1.165) is 6.42 Å². The van der Waals surface area contributed by atoms with Gasteiger partial charge in [-0.05, 0) is 31.5 Å². The van der Waals surface area contributed by atoms with Crippen molar-refractivity contribution in [1.29, 1.82) is 0 Å². The van der Waals surface area contributed by atoms with Crippen LogP contribution in [-0.2, 0) is 10.4 Å². The molecule has 19 heavy (non-hydrogen) atoms. The van der Waals surface area contributed by atoms with Gasteiger partial charge in [0.15, 0.2) is 0 Å². The van der Waals surface area contributed by atoms with E-state index in [-0.39, 0.29) is 5.56 Å². The molecule has 0 aliphatic heterocycles. The van der Waals surface area contributed by atoms with Crippen LogP contribution in [0.1, 0.15) is 38.7 Å². The van der Waals surface area contributed by atoms with Crippen molar-refractivity contribution in [1.82, 2.24) is 0 Å². The molecule has 0 aliphatic rings. The highest BCUT2D eigenvalue weighted by atomic mass is 79.9. The van der Waals surface area contributed by atoms with Crippen molar-refractivity contribution in [3.63, 3.8) is 0 Å². The topological polar surface area (TPSA) is 57.5 Å². The van der Waals surface area contributed by atoms with Crippen LogP contribution in [-0.4, -0.2) is 16.2 Å². The van der Waals surface area contributed by atoms with Crippen LogP contribution in [0.15, 0.2) is 22.7 Å². The molecule has 5 heteroatoms. The lowest BCUT2D eigenvalue weighted by Gasteiger charge is -2.31. The van der Waals surface area contributed by atoms with Crippen LogP contribution in [0.3, 0.4) is 0 Å². The molecule has 0 bridgehead atoms. The Morgan fingerprint density at radius 1 is 1.53 bits per heavy atom. The van der Waals surface area contributed by atoms with Crippen molar-refractivity contribution >= 4 is 21.9 Å². The van der Waals surface area contributed by atoms with Crippen molar-refractivity contribution in [2.75, 3.05) is 0 Å². The van der Waals surface area contributed by atoms with Crippen LogP contribution in [0.5, 0.6) is 0 Å². The molecule has 0 saturated heterocycles. The molecule has 3 nitrogen and oxygen atoms in total. The lowest BCUT2D eigenvalue weighted by Crippen LogP contribution is -2.38. The van der Waals surface area contributed by atoms with Crippen LogP contribution in [0.4, 0.5) is 4.39 Å². The molecule has 0 amide bonds. The predicted molar refractivity (Wildman–Crippen MR) is 74.3 cm³/mol. The molecule has 0 saturated carbocycles. The zero-order valence-corrected chi connectivity index (χ0v) is 12.6. The number of hydrogen-bond donors (Lipinski definition) is 2. The number of unbranched alkanes of at least 4 members (excludes halogenated alkanes) is 1. The second-order valence-electron chi connectivity index (χ2n) is 4.80. The molecule has 0 fully saturated rings.